The number of hydrogen-bond acceptors (Lipinski definition) is 16. The van der Waals surface area contributed by atoms with E-state index < -0.39 is 85.4 Å². The van der Waals surface area contributed by atoms with Gasteiger partial charge in [-0.15, -0.1) is 0 Å². The summed E-state index contributed by atoms with van der Waals surface area (Å²) in [6.45, 7) is 11.5. The minimum absolute atomic E-state index is 0.170. The number of carbonyl (C=O) groups excluding carboxylic acids is 3. The molecule has 1 saturated carbocycles. The smallest absolute Gasteiger partial charge is 0.394 e. The largest absolute Gasteiger partial charge is 0.508 e. The Bertz CT molecular complexity index is 3050. The fourth-order valence-corrected chi connectivity index (χ4v) is 11.5. The molecule has 3 aliphatic rings. The summed E-state index contributed by atoms with van der Waals surface area (Å²) in [5.74, 6) is -7.62. The highest BCUT2D eigenvalue weighted by atomic mass is 127. The van der Waals surface area contributed by atoms with Gasteiger partial charge in [0.1, 0.15) is 28.4 Å². The molecule has 11 N–H and O–H groups in total. The Morgan fingerprint density at radius 1 is 0.944 bits per heavy atom. The highest BCUT2D eigenvalue weighted by Gasteiger charge is 2.66. The van der Waals surface area contributed by atoms with Gasteiger partial charge in [0.2, 0.25) is 5.78 Å². The number of aliphatic hydroxyl groups is 4. The van der Waals surface area contributed by atoms with Crippen LogP contribution < -0.4 is 11.1 Å². The maximum atomic E-state index is 13.7. The summed E-state index contributed by atoms with van der Waals surface area (Å²) in [6, 6.07) is 17.1. The van der Waals surface area contributed by atoms with E-state index in [9.17, 15) is 45.0 Å². The van der Waals surface area contributed by atoms with Crippen molar-refractivity contribution >= 4 is 118 Å². The quantitative estimate of drug-likeness (QED) is 0.0385. The van der Waals surface area contributed by atoms with E-state index in [1.165, 1.54) is 57.1 Å². The predicted molar refractivity (Wildman–Crippen MR) is 290 cm³/mol. The van der Waals surface area contributed by atoms with E-state index in [0.717, 1.165) is 53.6 Å². The number of aromatic nitrogens is 2. The van der Waals surface area contributed by atoms with E-state index in [1.54, 1.807) is 6.20 Å². The van der Waals surface area contributed by atoms with E-state index >= 15 is 0 Å². The van der Waals surface area contributed by atoms with Gasteiger partial charge in [-0.25, -0.2) is 0 Å². The summed E-state index contributed by atoms with van der Waals surface area (Å²) in [7, 11) is -1.66. The average molecular weight is 1260 g/mol. The van der Waals surface area contributed by atoms with Crippen LogP contribution >= 0.6 is 56.8 Å². The summed E-state index contributed by atoms with van der Waals surface area (Å²) in [4.78, 5) is 51.0. The molecule has 1 amide bonds. The third-order valence-corrected chi connectivity index (χ3v) is 14.9. The monoisotopic (exact) mass is 1260 g/mol. The molecule has 0 bridgehead atoms. The molecule has 1 fully saturated rings. The Kier molecular flexibility index (Phi) is 19.1. The number of primary amides is 1. The van der Waals surface area contributed by atoms with Gasteiger partial charge in [0.05, 0.1) is 26.3 Å². The van der Waals surface area contributed by atoms with Gasteiger partial charge in [-0.2, -0.15) is 8.42 Å². The highest BCUT2D eigenvalue weighted by molar-refractivity contribution is 14.1. The molecule has 23 heteroatoms. The van der Waals surface area contributed by atoms with Crippen molar-refractivity contribution in [2.45, 2.75) is 70.2 Å². The molecular weight excluding hydrogens is 1200 g/mol. The molecular formula is C49H57ClI2N6O13S. The zero-order chi connectivity index (χ0) is 53.8. The summed E-state index contributed by atoms with van der Waals surface area (Å²) in [5, 5.41) is 71.1. The Morgan fingerprint density at radius 2 is 1.60 bits per heavy atom. The van der Waals surface area contributed by atoms with Gasteiger partial charge in [0, 0.05) is 60.9 Å². The number of halogens is 3. The number of likely N-dealkylation sites (N-methyl/N-ethyl adjacent to an activating group) is 1. The number of aliphatic hydroxyl groups excluding tert-OH is 2. The van der Waals surface area contributed by atoms with E-state index in [0.29, 0.717) is 11.6 Å². The van der Waals surface area contributed by atoms with Crippen molar-refractivity contribution in [3.05, 3.63) is 113 Å². The Balaban J connectivity index is 0.000000207. The van der Waals surface area contributed by atoms with Crippen LogP contribution in [0.5, 0.6) is 11.5 Å². The number of benzene rings is 3. The minimum atomic E-state index is -4.67. The van der Waals surface area contributed by atoms with Gasteiger partial charge < -0.3 is 46.6 Å². The fraction of sp³-hybridized carbons (Fsp3) is 0.367. The van der Waals surface area contributed by atoms with E-state index in [-0.39, 0.29) is 23.3 Å². The molecule has 1 unspecified atom stereocenters. The number of hydrogen-bond donors (Lipinski definition) is 10. The van der Waals surface area contributed by atoms with Crippen LogP contribution in [0.15, 0.2) is 90.0 Å². The molecule has 0 radical (unpaired) electrons. The number of phenols is 2. The number of amides is 1. The number of phenolic OH excluding ortho intramolecular Hbond substituents is 2. The molecule has 3 aromatic carbocycles. The van der Waals surface area contributed by atoms with E-state index in [2.05, 4.69) is 86.1 Å². The number of carbonyl (C=O) groups is 3. The average Bonchev–Trinajstić information content (AvgIpc) is 3.29. The second kappa shape index (κ2) is 23.6. The molecule has 0 spiro atoms. The zero-order valence-electron chi connectivity index (χ0n) is 40.0. The van der Waals surface area contributed by atoms with Crippen molar-refractivity contribution in [2.24, 2.45) is 17.6 Å². The lowest BCUT2D eigenvalue weighted by Crippen LogP contribution is -2.67. The Morgan fingerprint density at radius 3 is 2.21 bits per heavy atom. The van der Waals surface area contributed by atoms with Crippen molar-refractivity contribution in [2.75, 3.05) is 39.0 Å². The number of ketones is 2. The van der Waals surface area contributed by atoms with Crippen LogP contribution in [0.1, 0.15) is 58.1 Å². The van der Waals surface area contributed by atoms with Gasteiger partial charge in [0.15, 0.2) is 17.1 Å². The number of aromatic hydroxyl groups is 2. The van der Waals surface area contributed by atoms with Crippen LogP contribution in [0.2, 0.25) is 5.02 Å². The number of nitrogens with one attached hydrogen (secondary N) is 1. The molecule has 388 valence electrons. The van der Waals surface area contributed by atoms with Gasteiger partial charge in [-0.1, -0.05) is 43.6 Å². The first-order chi connectivity index (χ1) is 33.6. The van der Waals surface area contributed by atoms with Crippen molar-refractivity contribution < 1.29 is 62.5 Å². The Hall–Kier alpha value is -4.77. The number of fused-ring (bicyclic) bond motifs is 5. The fourth-order valence-electron chi connectivity index (χ4n) is 9.40. The number of nitrogens with zero attached hydrogens (tertiary/aromatic N) is 4. The van der Waals surface area contributed by atoms with Crippen LogP contribution in [0.4, 0.5) is 5.69 Å². The number of pyridine rings is 2. The molecule has 6 atom stereocenters. The molecule has 5 aromatic rings. The topological polar surface area (TPSA) is 318 Å². The SMILES string of the molecule is CCN(CC)CCCC(C)Nc1ccnc2cc(Cl)ccc12.CN(C)[C@@H]1C(=O)C(C(N)=O)=C(O)[C@@]2(O)C(=O)C3=C(O)c4c(O)cccc4[C@@](C)(O)[C@H]3C[C@@H]12.O=S(=O)(O)O.Oc1c(I)cc(I)c2cccnc12. The summed E-state index contributed by atoms with van der Waals surface area (Å²) < 4.78 is 33.5. The number of nitrogens with two attached hydrogens (primary N) is 1. The van der Waals surface area contributed by atoms with Crippen molar-refractivity contribution in [3.63, 3.8) is 0 Å². The second-order valence-corrected chi connectivity index (χ2v) is 21.4. The molecule has 8 rings (SSSR count). The van der Waals surface area contributed by atoms with Gasteiger partial charge in [0.25, 0.3) is 5.91 Å². The molecule has 19 nitrogen and oxygen atoms in total. The van der Waals surface area contributed by atoms with Crippen LogP contribution in [0.3, 0.4) is 0 Å². The molecule has 3 aliphatic carbocycles. The normalized spacial score (nSPS) is 21.9. The third-order valence-electron chi connectivity index (χ3n) is 12.9. The number of rotatable bonds is 10. The lowest BCUT2D eigenvalue weighted by molar-refractivity contribution is -0.159. The van der Waals surface area contributed by atoms with Crippen LogP contribution in [0.25, 0.3) is 27.6 Å². The lowest BCUT2D eigenvalue weighted by atomic mass is 9.54. The third kappa shape index (κ3) is 12.4. The first kappa shape index (κ1) is 58.1. The van der Waals surface area contributed by atoms with Crippen molar-refractivity contribution in [3.8, 4) is 11.5 Å². The van der Waals surface area contributed by atoms with E-state index in [4.69, 9.17) is 34.9 Å². The molecule has 2 aromatic heterocycles. The first-order valence-corrected chi connectivity index (χ1v) is 26.4. The number of Topliss-reactive ketones (excluding diaryl/α,β-unsaturated/α-hetero) is 2. The van der Waals surface area contributed by atoms with Crippen LogP contribution in [-0.2, 0) is 30.4 Å². The second-order valence-electron chi connectivity index (χ2n) is 17.7. The molecule has 0 aliphatic heterocycles. The zero-order valence-corrected chi connectivity index (χ0v) is 45.9. The lowest BCUT2D eigenvalue weighted by Gasteiger charge is -2.53. The standard InChI is InChI=1S/C22H24N2O8.C18H26ClN3.C9H5I2NO.H2O4S/c1-21(31)8-5-4-6-11(25)12(8)16(26)13-9(21)7-10-15(24(2)3)17(27)14(20(23)30)19(29)22(10,32)18(13)28;1-4-22(5-2)12-6-7-14(3)21-17-10-11-20-18-13-15(19)8-9-16(17)18;10-6-4-7(11)9(13)8-5(6)2-1-3-12-8;1-5(2,3)4/h4-6,9-10,15,25-26,29,31-32H,7H2,1-3H3,(H2,23,30);8-11,13-14H,4-7,12H2,1-3H3,(H,20,21);1-4,13H;(H2,1,2,3,4)/t9-,10-,15-,21+,22-;;;/m0.../s1. The minimum Gasteiger partial charge on any atom is -0.508 e. The van der Waals surface area contributed by atoms with Gasteiger partial charge in [-0.05, 0) is 160 Å². The van der Waals surface area contributed by atoms with Gasteiger partial charge in [-0.3, -0.25) is 38.4 Å². The number of anilines is 1. The van der Waals surface area contributed by atoms with Gasteiger partial charge >= 0.3 is 10.4 Å². The van der Waals surface area contributed by atoms with E-state index in [1.807, 2.05) is 48.7 Å². The summed E-state index contributed by atoms with van der Waals surface area (Å²) in [5.41, 5.74) is 2.21. The summed E-state index contributed by atoms with van der Waals surface area (Å²) >= 11 is 10.4. The highest BCUT2D eigenvalue weighted by Crippen LogP contribution is 2.57. The predicted octanol–water partition coefficient (Wildman–Crippen LogP) is 6.94. The molecule has 72 heavy (non-hydrogen) atoms. The Labute approximate surface area is 448 Å². The maximum Gasteiger partial charge on any atom is 0.394 e. The molecule has 2 heterocycles. The maximum absolute atomic E-state index is 13.7. The first-order valence-electron chi connectivity index (χ1n) is 22.5. The summed E-state index contributed by atoms with van der Waals surface area (Å²) in [6.07, 6.45) is 5.70. The van der Waals surface area contributed by atoms with Crippen molar-refractivity contribution in [1.29, 1.82) is 0 Å². The van der Waals surface area contributed by atoms with Crippen LogP contribution in [-0.4, -0.2) is 137 Å². The van der Waals surface area contributed by atoms with Crippen LogP contribution in [0, 0.1) is 19.0 Å². The van der Waals surface area contributed by atoms with Crippen molar-refractivity contribution in [1.82, 2.24) is 19.8 Å². The molecule has 0 saturated heterocycles.